The van der Waals surface area contributed by atoms with Crippen LogP contribution in [0.25, 0.3) is 0 Å². The van der Waals surface area contributed by atoms with Gasteiger partial charge in [-0.25, -0.2) is 8.42 Å². The molecule has 2 saturated heterocycles. The van der Waals surface area contributed by atoms with Crippen LogP contribution >= 0.6 is 0 Å². The van der Waals surface area contributed by atoms with Crippen LogP contribution in [-0.4, -0.2) is 72.2 Å². The van der Waals surface area contributed by atoms with E-state index in [0.29, 0.717) is 25.2 Å². The Hall–Kier alpha value is -2.29. The zero-order chi connectivity index (χ0) is 21.8. The summed E-state index contributed by atoms with van der Waals surface area (Å²) in [6.07, 6.45) is 4.60. The predicted octanol–water partition coefficient (Wildman–Crippen LogP) is 2.60. The summed E-state index contributed by atoms with van der Waals surface area (Å²) in [6.45, 7) is 6.04. The van der Waals surface area contributed by atoms with Crippen molar-refractivity contribution in [2.24, 2.45) is 0 Å². The van der Waals surface area contributed by atoms with Crippen LogP contribution in [0.5, 0.6) is 0 Å². The number of hydrogen-bond acceptors (Lipinski definition) is 5. The summed E-state index contributed by atoms with van der Waals surface area (Å²) >= 11 is 0. The fraction of sp³-hybridized carbons (Fsp3) is 0.478. The first kappa shape index (κ1) is 21.9. The van der Waals surface area contributed by atoms with Crippen LogP contribution in [0, 0.1) is 0 Å². The van der Waals surface area contributed by atoms with E-state index < -0.39 is 10.0 Å². The van der Waals surface area contributed by atoms with Gasteiger partial charge in [0.25, 0.3) is 5.91 Å². The number of carbonyl (C=O) groups is 1. The van der Waals surface area contributed by atoms with Gasteiger partial charge in [-0.3, -0.25) is 14.7 Å². The van der Waals surface area contributed by atoms with Crippen molar-refractivity contribution in [1.82, 2.24) is 19.1 Å². The third kappa shape index (κ3) is 4.97. The number of nitrogens with zero attached hydrogens (tertiary/aromatic N) is 4. The van der Waals surface area contributed by atoms with Crippen LogP contribution in [0.1, 0.15) is 42.2 Å². The van der Waals surface area contributed by atoms with Crippen molar-refractivity contribution < 1.29 is 13.2 Å². The van der Waals surface area contributed by atoms with Crippen LogP contribution in [0.2, 0.25) is 0 Å². The van der Waals surface area contributed by atoms with Gasteiger partial charge in [0.15, 0.2) is 0 Å². The molecule has 0 N–H and O–H groups in total. The Labute approximate surface area is 184 Å². The lowest BCUT2D eigenvalue weighted by Crippen LogP contribution is -2.48. The minimum Gasteiger partial charge on any atom is -0.336 e. The highest BCUT2D eigenvalue weighted by Crippen LogP contribution is 2.26. The van der Waals surface area contributed by atoms with Crippen molar-refractivity contribution in [3.63, 3.8) is 0 Å². The molecule has 3 heterocycles. The normalized spacial score (nSPS) is 21.2. The topological polar surface area (TPSA) is 73.8 Å². The molecule has 0 saturated carbocycles. The molecule has 31 heavy (non-hydrogen) atoms. The molecule has 2 aliphatic heterocycles. The van der Waals surface area contributed by atoms with E-state index in [2.05, 4.69) is 9.88 Å². The quantitative estimate of drug-likeness (QED) is 0.712. The maximum atomic E-state index is 13.2. The van der Waals surface area contributed by atoms with Crippen molar-refractivity contribution in [3.05, 3.63) is 59.9 Å². The van der Waals surface area contributed by atoms with Gasteiger partial charge < -0.3 is 4.90 Å². The van der Waals surface area contributed by atoms with Crippen molar-refractivity contribution >= 4 is 15.9 Å². The highest BCUT2D eigenvalue weighted by Gasteiger charge is 2.31. The third-order valence-corrected chi connectivity index (χ3v) is 8.21. The highest BCUT2D eigenvalue weighted by molar-refractivity contribution is 7.89. The molecule has 0 spiro atoms. The molecule has 2 aromatic rings. The van der Waals surface area contributed by atoms with Gasteiger partial charge in [0.05, 0.1) is 10.6 Å². The van der Waals surface area contributed by atoms with Crippen molar-refractivity contribution in [3.8, 4) is 0 Å². The predicted molar refractivity (Wildman–Crippen MR) is 119 cm³/mol. The monoisotopic (exact) mass is 442 g/mol. The minimum atomic E-state index is -3.59. The number of pyridine rings is 1. The molecule has 0 aliphatic carbocycles. The molecular weight excluding hydrogens is 412 g/mol. The number of hydrogen-bond donors (Lipinski definition) is 0. The molecule has 1 aromatic carbocycles. The summed E-state index contributed by atoms with van der Waals surface area (Å²) < 4.78 is 27.9. The third-order valence-electron chi connectivity index (χ3n) is 6.20. The van der Waals surface area contributed by atoms with E-state index >= 15 is 0 Å². The summed E-state index contributed by atoms with van der Waals surface area (Å²) in [7, 11) is -3.59. The first-order valence-electron chi connectivity index (χ1n) is 11.0. The molecule has 1 atom stereocenters. The van der Waals surface area contributed by atoms with Crippen LogP contribution in [-0.2, 0) is 16.6 Å². The van der Waals surface area contributed by atoms with E-state index in [-0.39, 0.29) is 16.8 Å². The lowest BCUT2D eigenvalue weighted by atomic mass is 10.1. The average Bonchev–Trinajstić information content (AvgIpc) is 2.80. The van der Waals surface area contributed by atoms with Crippen LogP contribution in [0.3, 0.4) is 0 Å². The molecule has 1 unspecified atom stereocenters. The SMILES string of the molecule is CC1CCCCN1S(=O)(=O)c1cccc(C(=O)N2CCN(Cc3ccccn3)CC2)c1. The Kier molecular flexibility index (Phi) is 6.69. The van der Waals surface area contributed by atoms with E-state index in [1.165, 1.54) is 0 Å². The molecule has 2 fully saturated rings. The molecule has 1 aromatic heterocycles. The fourth-order valence-corrected chi connectivity index (χ4v) is 6.11. The van der Waals surface area contributed by atoms with Gasteiger partial charge in [0.2, 0.25) is 10.0 Å². The zero-order valence-electron chi connectivity index (χ0n) is 18.0. The first-order chi connectivity index (χ1) is 14.9. The van der Waals surface area contributed by atoms with Crippen molar-refractivity contribution in [1.29, 1.82) is 0 Å². The summed E-state index contributed by atoms with van der Waals surface area (Å²) in [5.41, 5.74) is 1.45. The Morgan fingerprint density at radius 1 is 1.03 bits per heavy atom. The molecule has 2 aliphatic rings. The van der Waals surface area contributed by atoms with Gasteiger partial charge in [-0.1, -0.05) is 18.6 Å². The van der Waals surface area contributed by atoms with Crippen molar-refractivity contribution in [2.45, 2.75) is 43.7 Å². The van der Waals surface area contributed by atoms with Crippen LogP contribution in [0.15, 0.2) is 53.6 Å². The number of benzene rings is 1. The standard InChI is InChI=1S/C23H30N4O3S/c1-19-7-3-5-12-27(19)31(29,30)22-10-6-8-20(17-22)23(28)26-15-13-25(14-16-26)18-21-9-2-4-11-24-21/h2,4,6,8-11,17,19H,3,5,7,12-16,18H2,1H3. The second-order valence-corrected chi connectivity index (χ2v) is 10.3. The van der Waals surface area contributed by atoms with Gasteiger partial charge in [-0.2, -0.15) is 4.31 Å². The zero-order valence-corrected chi connectivity index (χ0v) is 18.8. The molecule has 7 nitrogen and oxygen atoms in total. The molecule has 8 heteroatoms. The average molecular weight is 443 g/mol. The van der Waals surface area contributed by atoms with Crippen LogP contribution < -0.4 is 0 Å². The van der Waals surface area contributed by atoms with E-state index in [0.717, 1.165) is 44.6 Å². The van der Waals surface area contributed by atoms with Gasteiger partial charge >= 0.3 is 0 Å². The van der Waals surface area contributed by atoms with Gasteiger partial charge in [0, 0.05) is 57.1 Å². The molecule has 0 bridgehead atoms. The molecular formula is C23H30N4O3S. The second kappa shape index (κ2) is 9.46. The Morgan fingerprint density at radius 2 is 1.84 bits per heavy atom. The van der Waals surface area contributed by atoms with Gasteiger partial charge in [-0.05, 0) is 50.1 Å². The Bertz CT molecular complexity index is 1000. The molecule has 166 valence electrons. The number of amides is 1. The number of aromatic nitrogens is 1. The van der Waals surface area contributed by atoms with Crippen molar-refractivity contribution in [2.75, 3.05) is 32.7 Å². The van der Waals surface area contributed by atoms with E-state index in [1.807, 2.05) is 30.0 Å². The minimum absolute atomic E-state index is 0.00899. The molecule has 0 radical (unpaired) electrons. The number of piperidine rings is 1. The molecule has 1 amide bonds. The number of rotatable bonds is 5. The van der Waals surface area contributed by atoms with E-state index in [4.69, 9.17) is 0 Å². The lowest BCUT2D eigenvalue weighted by Gasteiger charge is -2.35. The number of piperazine rings is 1. The summed E-state index contributed by atoms with van der Waals surface area (Å²) in [4.78, 5) is 21.7. The maximum Gasteiger partial charge on any atom is 0.253 e. The highest BCUT2D eigenvalue weighted by atomic mass is 32.2. The van der Waals surface area contributed by atoms with Gasteiger partial charge in [0.1, 0.15) is 0 Å². The largest absolute Gasteiger partial charge is 0.336 e. The maximum absolute atomic E-state index is 13.2. The summed E-state index contributed by atoms with van der Waals surface area (Å²) in [5.74, 6) is -0.110. The summed E-state index contributed by atoms with van der Waals surface area (Å²) in [5, 5.41) is 0. The summed E-state index contributed by atoms with van der Waals surface area (Å²) in [6, 6.07) is 12.4. The Morgan fingerprint density at radius 3 is 2.55 bits per heavy atom. The number of carbonyl (C=O) groups excluding carboxylic acids is 1. The van der Waals surface area contributed by atoms with Gasteiger partial charge in [-0.15, -0.1) is 0 Å². The first-order valence-corrected chi connectivity index (χ1v) is 12.4. The van der Waals surface area contributed by atoms with E-state index in [9.17, 15) is 13.2 Å². The lowest BCUT2D eigenvalue weighted by molar-refractivity contribution is 0.0627. The fourth-order valence-electron chi connectivity index (χ4n) is 4.37. The smallest absolute Gasteiger partial charge is 0.253 e. The van der Waals surface area contributed by atoms with Crippen LogP contribution in [0.4, 0.5) is 0 Å². The second-order valence-electron chi connectivity index (χ2n) is 8.38. The number of sulfonamides is 1. The Balaban J connectivity index is 1.42. The molecule has 4 rings (SSSR count). The van der Waals surface area contributed by atoms with E-state index in [1.54, 1.807) is 34.8 Å².